The lowest BCUT2D eigenvalue weighted by Crippen LogP contribution is -2.16. The van der Waals surface area contributed by atoms with Crippen molar-refractivity contribution in [2.45, 2.75) is 6.18 Å². The molecule has 0 saturated carbocycles. The lowest BCUT2D eigenvalue weighted by molar-refractivity contribution is -0.0539. The predicted octanol–water partition coefficient (Wildman–Crippen LogP) is 0.116. The van der Waals surface area contributed by atoms with Crippen molar-refractivity contribution < 1.29 is 18.3 Å². The molecule has 0 fully saturated rings. The van der Waals surface area contributed by atoms with E-state index in [-0.39, 0.29) is 19.4 Å². The van der Waals surface area contributed by atoms with Crippen LogP contribution in [-0.4, -0.2) is 30.6 Å². The molecule has 0 aliphatic heterocycles. The zero-order valence-corrected chi connectivity index (χ0v) is 5.02. The average Bonchev–Trinajstić information content (AvgIpc) is 1.78. The number of aliphatic hydroxyl groups is 1. The molecule has 6 heteroatoms. The summed E-state index contributed by atoms with van der Waals surface area (Å²) in [6, 6.07) is 0. The van der Waals surface area contributed by atoms with Gasteiger partial charge in [0.05, 0.1) is 13.2 Å². The van der Waals surface area contributed by atoms with Crippen LogP contribution in [0.3, 0.4) is 0 Å². The Hall–Kier alpha value is -0.780. The van der Waals surface area contributed by atoms with Gasteiger partial charge in [0, 0.05) is 0 Å². The van der Waals surface area contributed by atoms with Crippen LogP contribution in [0.15, 0.2) is 5.10 Å². The summed E-state index contributed by atoms with van der Waals surface area (Å²) in [7, 11) is 0. The second kappa shape index (κ2) is 4.10. The lowest BCUT2D eigenvalue weighted by atomic mass is 10.7. The number of hydrogen-bond acceptors (Lipinski definition) is 3. The van der Waals surface area contributed by atoms with E-state index in [4.69, 9.17) is 5.11 Å². The first-order valence-electron chi connectivity index (χ1n) is 2.51. The molecule has 2 N–H and O–H groups in total. The third-order valence-electron chi connectivity index (χ3n) is 0.526. The highest BCUT2D eigenvalue weighted by molar-refractivity contribution is 5.63. The highest BCUT2D eigenvalue weighted by Gasteiger charge is 2.23. The highest BCUT2D eigenvalue weighted by Crippen LogP contribution is 2.09. The van der Waals surface area contributed by atoms with Gasteiger partial charge in [-0.1, -0.05) is 0 Å². The minimum absolute atomic E-state index is 0.0204. The molecule has 0 heterocycles. The molecule has 0 aliphatic carbocycles. The van der Waals surface area contributed by atoms with Crippen LogP contribution in [0.5, 0.6) is 0 Å². The van der Waals surface area contributed by atoms with E-state index < -0.39 is 6.18 Å². The Morgan fingerprint density at radius 2 is 2.10 bits per heavy atom. The van der Waals surface area contributed by atoms with Crippen LogP contribution in [0.25, 0.3) is 0 Å². The third-order valence-corrected chi connectivity index (χ3v) is 0.526. The quantitative estimate of drug-likeness (QED) is 0.346. The first-order valence-corrected chi connectivity index (χ1v) is 2.51. The fourth-order valence-corrected chi connectivity index (χ4v) is 0.233. The van der Waals surface area contributed by atoms with Gasteiger partial charge in [-0.25, -0.2) is 0 Å². The van der Waals surface area contributed by atoms with E-state index in [1.165, 1.54) is 0 Å². The van der Waals surface area contributed by atoms with Crippen molar-refractivity contribution in [2.24, 2.45) is 5.10 Å². The number of hydrazone groups is 1. The van der Waals surface area contributed by atoms with Crippen LogP contribution < -0.4 is 5.43 Å². The van der Waals surface area contributed by atoms with Gasteiger partial charge in [-0.05, 0) is 0 Å². The van der Waals surface area contributed by atoms with E-state index >= 15 is 0 Å². The molecule has 0 bridgehead atoms. The highest BCUT2D eigenvalue weighted by atomic mass is 19.4. The van der Waals surface area contributed by atoms with Gasteiger partial charge in [-0.15, -0.1) is 0 Å². The van der Waals surface area contributed by atoms with Crippen molar-refractivity contribution in [1.82, 2.24) is 5.43 Å². The fourth-order valence-electron chi connectivity index (χ4n) is 0.233. The van der Waals surface area contributed by atoms with Crippen LogP contribution in [0.1, 0.15) is 0 Å². The Kier molecular flexibility index (Phi) is 3.78. The SMILES string of the molecule is OCCN/N=C/C(F)(F)F. The van der Waals surface area contributed by atoms with Crippen LogP contribution >= 0.6 is 0 Å². The van der Waals surface area contributed by atoms with Crippen LogP contribution in [0.4, 0.5) is 13.2 Å². The lowest BCUT2D eigenvalue weighted by Gasteiger charge is -1.97. The molecular weight excluding hydrogens is 149 g/mol. The van der Waals surface area contributed by atoms with Crippen LogP contribution in [0, 0.1) is 0 Å². The summed E-state index contributed by atoms with van der Waals surface area (Å²) < 4.78 is 33.7. The monoisotopic (exact) mass is 156 g/mol. The van der Waals surface area contributed by atoms with Gasteiger partial charge >= 0.3 is 6.18 Å². The van der Waals surface area contributed by atoms with Crippen molar-refractivity contribution >= 4 is 6.21 Å². The zero-order chi connectivity index (χ0) is 8.04. The number of nitrogens with one attached hydrogen (secondary N) is 1. The van der Waals surface area contributed by atoms with E-state index in [2.05, 4.69) is 5.10 Å². The number of rotatable bonds is 3. The molecule has 0 aromatic rings. The molecule has 0 amide bonds. The maximum absolute atomic E-state index is 11.2. The topological polar surface area (TPSA) is 44.6 Å². The summed E-state index contributed by atoms with van der Waals surface area (Å²) in [6.45, 7) is -0.220. The van der Waals surface area contributed by atoms with Gasteiger partial charge in [-0.3, -0.25) is 0 Å². The normalized spacial score (nSPS) is 12.4. The van der Waals surface area contributed by atoms with Gasteiger partial charge in [0.25, 0.3) is 0 Å². The standard InChI is InChI=1S/C4H7F3N2O/c5-4(6,7)3-9-8-1-2-10/h3,8,10H,1-2H2/b9-3+. The summed E-state index contributed by atoms with van der Waals surface area (Å²) >= 11 is 0. The molecule has 0 spiro atoms. The molecule has 0 radical (unpaired) electrons. The van der Waals surface area contributed by atoms with E-state index in [9.17, 15) is 13.2 Å². The molecule has 0 saturated heterocycles. The maximum atomic E-state index is 11.2. The van der Waals surface area contributed by atoms with Gasteiger partial charge in [0.2, 0.25) is 0 Å². The third kappa shape index (κ3) is 7.22. The van der Waals surface area contributed by atoms with E-state index in [1.54, 1.807) is 0 Å². The van der Waals surface area contributed by atoms with E-state index in [0.29, 0.717) is 0 Å². The Morgan fingerprint density at radius 1 is 1.50 bits per heavy atom. The number of nitrogens with zero attached hydrogens (tertiary/aromatic N) is 1. The smallest absolute Gasteiger partial charge is 0.394 e. The molecule has 10 heavy (non-hydrogen) atoms. The van der Waals surface area contributed by atoms with E-state index in [0.717, 1.165) is 0 Å². The Morgan fingerprint density at radius 3 is 2.50 bits per heavy atom. The number of aliphatic hydroxyl groups excluding tert-OH is 1. The summed E-state index contributed by atoms with van der Waals surface area (Å²) in [6.07, 6.45) is -4.56. The second-order valence-electron chi connectivity index (χ2n) is 1.43. The van der Waals surface area contributed by atoms with Crippen molar-refractivity contribution in [2.75, 3.05) is 13.2 Å². The molecule has 0 atom stereocenters. The van der Waals surface area contributed by atoms with Gasteiger partial charge in [0.1, 0.15) is 6.21 Å². The molecule has 0 unspecified atom stereocenters. The Labute approximate surface area is 55.5 Å². The van der Waals surface area contributed by atoms with Crippen molar-refractivity contribution in [3.8, 4) is 0 Å². The molecule has 0 aliphatic rings. The summed E-state index contributed by atoms with van der Waals surface area (Å²) in [5, 5.41) is 10.9. The molecule has 0 aromatic carbocycles. The molecule has 60 valence electrons. The minimum Gasteiger partial charge on any atom is -0.394 e. The van der Waals surface area contributed by atoms with E-state index in [1.807, 2.05) is 5.43 Å². The number of hydrogen-bond donors (Lipinski definition) is 2. The van der Waals surface area contributed by atoms with Crippen molar-refractivity contribution in [3.63, 3.8) is 0 Å². The Bertz CT molecular complexity index is 112. The van der Waals surface area contributed by atoms with Gasteiger partial charge < -0.3 is 10.5 Å². The maximum Gasteiger partial charge on any atom is 0.428 e. The molecule has 3 nitrogen and oxygen atoms in total. The Balaban J connectivity index is 3.37. The molecule has 0 aromatic heterocycles. The predicted molar refractivity (Wildman–Crippen MR) is 29.6 cm³/mol. The first-order chi connectivity index (χ1) is 4.56. The van der Waals surface area contributed by atoms with Gasteiger partial charge in [-0.2, -0.15) is 18.3 Å². The van der Waals surface area contributed by atoms with Crippen molar-refractivity contribution in [3.05, 3.63) is 0 Å². The number of alkyl halides is 3. The summed E-state index contributed by atoms with van der Waals surface area (Å²) in [4.78, 5) is 0. The summed E-state index contributed by atoms with van der Waals surface area (Å²) in [5.74, 6) is 0. The summed E-state index contributed by atoms with van der Waals surface area (Å²) in [5.41, 5.74) is 1.99. The van der Waals surface area contributed by atoms with Gasteiger partial charge in [0.15, 0.2) is 0 Å². The minimum atomic E-state index is -4.39. The number of halogens is 3. The second-order valence-corrected chi connectivity index (χ2v) is 1.43. The zero-order valence-electron chi connectivity index (χ0n) is 5.02. The van der Waals surface area contributed by atoms with Crippen LogP contribution in [-0.2, 0) is 0 Å². The fraction of sp³-hybridized carbons (Fsp3) is 0.750. The van der Waals surface area contributed by atoms with Crippen LogP contribution in [0.2, 0.25) is 0 Å². The van der Waals surface area contributed by atoms with Crippen molar-refractivity contribution in [1.29, 1.82) is 0 Å². The largest absolute Gasteiger partial charge is 0.428 e. The molecular formula is C4H7F3N2O. The average molecular weight is 156 g/mol. The molecule has 0 rings (SSSR count). The first kappa shape index (κ1) is 9.22.